The van der Waals surface area contributed by atoms with Gasteiger partial charge in [0, 0.05) is 0 Å². The minimum absolute atomic E-state index is 0.222. The summed E-state index contributed by atoms with van der Waals surface area (Å²) >= 11 is 1.20. The molecule has 0 aliphatic carbocycles. The average molecular weight is 226 g/mol. The Morgan fingerprint density at radius 2 is 2.19 bits per heavy atom. The second-order valence-electron chi connectivity index (χ2n) is 2.75. The fraction of sp³-hybridized carbons (Fsp3) is 0. The van der Waals surface area contributed by atoms with E-state index in [0.717, 1.165) is 0 Å². The Kier molecular flexibility index (Phi) is 2.81. The summed E-state index contributed by atoms with van der Waals surface area (Å²) in [4.78, 5) is 3.89. The molecule has 0 atom stereocenters. The molecule has 1 aromatic heterocycles. The van der Waals surface area contributed by atoms with Crippen LogP contribution in [0.3, 0.4) is 0 Å². The number of ether oxygens (including phenoxy) is 1. The minimum atomic E-state index is 0.222. The maximum absolute atomic E-state index is 8.95. The van der Waals surface area contributed by atoms with Crippen molar-refractivity contribution in [3.05, 3.63) is 40.9 Å². The predicted octanol–water partition coefficient (Wildman–Crippen LogP) is 2.48. The zero-order valence-corrected chi connectivity index (χ0v) is 8.78. The van der Waals surface area contributed by atoms with Crippen molar-refractivity contribution in [2.75, 3.05) is 0 Å². The molecule has 0 saturated heterocycles. The lowest BCUT2D eigenvalue weighted by Gasteiger charge is -2.04. The van der Waals surface area contributed by atoms with Gasteiger partial charge in [-0.1, -0.05) is 17.4 Å². The number of hydrogen-bond acceptors (Lipinski definition) is 5. The largest absolute Gasteiger partial charge is 0.429 e. The lowest BCUT2D eigenvalue weighted by Crippen LogP contribution is -1.90. The van der Waals surface area contributed by atoms with E-state index in [9.17, 15) is 0 Å². The van der Waals surface area contributed by atoms with Crippen molar-refractivity contribution < 1.29 is 4.74 Å². The lowest BCUT2D eigenvalue weighted by atomic mass is 10.1. The second kappa shape index (κ2) is 4.43. The van der Waals surface area contributed by atoms with E-state index in [2.05, 4.69) is 10.4 Å². The lowest BCUT2D eigenvalue weighted by molar-refractivity contribution is 0.477. The van der Waals surface area contributed by atoms with E-state index < -0.39 is 0 Å². The molecule has 0 saturated carbocycles. The molecule has 1 heterocycles. The van der Waals surface area contributed by atoms with Gasteiger partial charge in [0.2, 0.25) is 0 Å². The maximum atomic E-state index is 8.95. The van der Waals surface area contributed by atoms with Crippen molar-refractivity contribution in [3.63, 3.8) is 0 Å². The third-order valence-electron chi connectivity index (χ3n) is 1.82. The molecule has 0 fully saturated rings. The van der Waals surface area contributed by atoms with E-state index >= 15 is 0 Å². The summed E-state index contributed by atoms with van der Waals surface area (Å²) in [6.07, 6.45) is 1.49. The molecule has 4 nitrogen and oxygen atoms in total. The Bertz CT molecular complexity index is 578. The SMILES string of the molecule is N#Cc1cccc(Oc2nc[c]s2)c1C#N. The van der Waals surface area contributed by atoms with E-state index in [1.807, 2.05) is 12.1 Å². The highest BCUT2D eigenvalue weighted by molar-refractivity contribution is 7.10. The summed E-state index contributed by atoms with van der Waals surface area (Å²) in [5.41, 5.74) is 0.515. The topological polar surface area (TPSA) is 69.7 Å². The molecule has 2 rings (SSSR count). The summed E-state index contributed by atoms with van der Waals surface area (Å²) in [6, 6.07) is 8.74. The number of thiazole rings is 1. The van der Waals surface area contributed by atoms with Crippen LogP contribution >= 0.6 is 11.3 Å². The van der Waals surface area contributed by atoms with Crippen LogP contribution < -0.4 is 4.74 Å². The van der Waals surface area contributed by atoms with Crippen LogP contribution in [0, 0.1) is 28.0 Å². The first kappa shape index (κ1) is 10.2. The van der Waals surface area contributed by atoms with Crippen LogP contribution in [0.1, 0.15) is 11.1 Å². The van der Waals surface area contributed by atoms with Crippen molar-refractivity contribution in [3.8, 4) is 23.1 Å². The van der Waals surface area contributed by atoms with E-state index in [1.165, 1.54) is 17.5 Å². The third kappa shape index (κ3) is 1.85. The predicted molar refractivity (Wildman–Crippen MR) is 56.9 cm³/mol. The smallest absolute Gasteiger partial charge is 0.279 e. The van der Waals surface area contributed by atoms with Crippen LogP contribution in [0.5, 0.6) is 10.9 Å². The first-order chi connectivity index (χ1) is 7.85. The molecule has 2 aromatic rings. The maximum Gasteiger partial charge on any atom is 0.279 e. The number of rotatable bonds is 2. The molecule has 0 aliphatic rings. The molecule has 0 N–H and O–H groups in total. The van der Waals surface area contributed by atoms with E-state index in [1.54, 1.807) is 18.2 Å². The summed E-state index contributed by atoms with van der Waals surface area (Å²) in [5, 5.41) is 20.9. The van der Waals surface area contributed by atoms with Gasteiger partial charge in [0.15, 0.2) is 0 Å². The van der Waals surface area contributed by atoms with Gasteiger partial charge >= 0.3 is 0 Å². The van der Waals surface area contributed by atoms with Crippen LogP contribution in [-0.2, 0) is 0 Å². The van der Waals surface area contributed by atoms with E-state index in [0.29, 0.717) is 16.5 Å². The number of aromatic nitrogens is 1. The van der Waals surface area contributed by atoms with Crippen molar-refractivity contribution in [2.45, 2.75) is 0 Å². The first-order valence-corrected chi connectivity index (χ1v) is 5.09. The summed E-state index contributed by atoms with van der Waals surface area (Å²) in [6.45, 7) is 0. The molecule has 0 spiro atoms. The number of benzene rings is 1. The van der Waals surface area contributed by atoms with Crippen molar-refractivity contribution >= 4 is 11.3 Å². The highest BCUT2D eigenvalue weighted by Gasteiger charge is 2.10. The fourth-order valence-corrected chi connectivity index (χ4v) is 1.59. The van der Waals surface area contributed by atoms with E-state index in [4.69, 9.17) is 15.3 Å². The monoisotopic (exact) mass is 226 g/mol. The zero-order valence-electron chi connectivity index (χ0n) is 7.97. The Hall–Kier alpha value is -2.37. The van der Waals surface area contributed by atoms with Gasteiger partial charge in [0.05, 0.1) is 17.1 Å². The Morgan fingerprint density at radius 3 is 2.81 bits per heavy atom. The van der Waals surface area contributed by atoms with Crippen molar-refractivity contribution in [2.24, 2.45) is 0 Å². The van der Waals surface area contributed by atoms with Gasteiger partial charge in [0.1, 0.15) is 23.5 Å². The summed E-state index contributed by atoms with van der Waals surface area (Å²) in [7, 11) is 0. The molecule has 0 amide bonds. The van der Waals surface area contributed by atoms with Gasteiger partial charge in [-0.3, -0.25) is 0 Å². The highest BCUT2D eigenvalue weighted by Crippen LogP contribution is 2.27. The van der Waals surface area contributed by atoms with Gasteiger partial charge in [-0.25, -0.2) is 4.98 Å². The third-order valence-corrected chi connectivity index (χ3v) is 2.41. The quantitative estimate of drug-likeness (QED) is 0.788. The Balaban J connectivity index is 2.43. The molecule has 0 bridgehead atoms. The molecule has 0 aliphatic heterocycles. The van der Waals surface area contributed by atoms with Crippen LogP contribution in [0.25, 0.3) is 0 Å². The number of nitrogens with zero attached hydrogens (tertiary/aromatic N) is 3. The minimum Gasteiger partial charge on any atom is -0.429 e. The van der Waals surface area contributed by atoms with Crippen LogP contribution in [-0.4, -0.2) is 4.98 Å². The fourth-order valence-electron chi connectivity index (χ4n) is 1.15. The van der Waals surface area contributed by atoms with Gasteiger partial charge in [-0.05, 0) is 12.1 Å². The van der Waals surface area contributed by atoms with Crippen LogP contribution in [0.15, 0.2) is 24.4 Å². The second-order valence-corrected chi connectivity index (χ2v) is 3.54. The molecule has 5 heteroatoms. The first-order valence-electron chi connectivity index (χ1n) is 4.28. The summed E-state index contributed by atoms with van der Waals surface area (Å²) in [5.74, 6) is 0.338. The molecular formula is C11H4N3OS. The average Bonchev–Trinajstić information content (AvgIpc) is 2.81. The van der Waals surface area contributed by atoms with E-state index in [-0.39, 0.29) is 5.56 Å². The van der Waals surface area contributed by atoms with Crippen LogP contribution in [0.2, 0.25) is 0 Å². The summed E-state index contributed by atoms with van der Waals surface area (Å²) < 4.78 is 5.39. The van der Waals surface area contributed by atoms with Gasteiger partial charge in [-0.15, -0.1) is 0 Å². The Morgan fingerprint density at radius 1 is 1.31 bits per heavy atom. The van der Waals surface area contributed by atoms with Crippen LogP contribution in [0.4, 0.5) is 0 Å². The molecule has 0 unspecified atom stereocenters. The highest BCUT2D eigenvalue weighted by atomic mass is 32.1. The standard InChI is InChI=1S/C11H4N3OS/c12-6-8-2-1-3-10(9(8)7-13)15-11-14-4-5-16-11/h1-4H. The Labute approximate surface area is 96.0 Å². The number of hydrogen-bond donors (Lipinski definition) is 0. The van der Waals surface area contributed by atoms with Crippen molar-refractivity contribution in [1.29, 1.82) is 10.5 Å². The molecule has 16 heavy (non-hydrogen) atoms. The van der Waals surface area contributed by atoms with Gasteiger partial charge in [0.25, 0.3) is 5.19 Å². The molecule has 1 radical (unpaired) electrons. The normalized spacial score (nSPS) is 9.12. The van der Waals surface area contributed by atoms with Gasteiger partial charge in [-0.2, -0.15) is 10.5 Å². The van der Waals surface area contributed by atoms with Gasteiger partial charge < -0.3 is 4.74 Å². The molecule has 75 valence electrons. The van der Waals surface area contributed by atoms with Crippen molar-refractivity contribution in [1.82, 2.24) is 4.98 Å². The molecule has 1 aromatic carbocycles. The molecular weight excluding hydrogens is 222 g/mol. The zero-order chi connectivity index (χ0) is 11.4. The number of nitriles is 2.